The van der Waals surface area contributed by atoms with Gasteiger partial charge in [0.2, 0.25) is 0 Å². The summed E-state index contributed by atoms with van der Waals surface area (Å²) in [6.07, 6.45) is 2.06. The van der Waals surface area contributed by atoms with E-state index in [4.69, 9.17) is 22.7 Å². The van der Waals surface area contributed by atoms with E-state index in [9.17, 15) is 0 Å². The first kappa shape index (κ1) is 12.3. The van der Waals surface area contributed by atoms with Gasteiger partial charge in [0.15, 0.2) is 0 Å². The Morgan fingerprint density at radius 1 is 1.41 bits per heavy atom. The summed E-state index contributed by atoms with van der Waals surface area (Å²) in [5, 5.41) is 3.51. The molecule has 0 aliphatic carbocycles. The molecule has 1 fully saturated rings. The van der Waals surface area contributed by atoms with Crippen LogP contribution in [-0.2, 0) is 4.74 Å². The SMILES string of the molecule is Cc1ccc(NC2CCOCC2)c(C(N)=S)c1. The van der Waals surface area contributed by atoms with Crippen molar-refractivity contribution in [1.82, 2.24) is 0 Å². The maximum absolute atomic E-state index is 5.76. The van der Waals surface area contributed by atoms with E-state index in [0.717, 1.165) is 37.3 Å². The van der Waals surface area contributed by atoms with Crippen LogP contribution in [0.15, 0.2) is 18.2 Å². The topological polar surface area (TPSA) is 47.3 Å². The zero-order chi connectivity index (χ0) is 12.3. The van der Waals surface area contributed by atoms with Crippen LogP contribution in [0.3, 0.4) is 0 Å². The summed E-state index contributed by atoms with van der Waals surface area (Å²) in [5.74, 6) is 0. The number of nitrogens with one attached hydrogen (secondary N) is 1. The molecule has 3 N–H and O–H groups in total. The largest absolute Gasteiger partial charge is 0.389 e. The second kappa shape index (κ2) is 5.47. The average molecular weight is 250 g/mol. The Morgan fingerprint density at radius 3 is 2.76 bits per heavy atom. The molecule has 4 heteroatoms. The molecule has 0 bridgehead atoms. The third kappa shape index (κ3) is 3.17. The first-order valence-electron chi connectivity index (χ1n) is 5.91. The number of nitrogens with two attached hydrogens (primary N) is 1. The van der Waals surface area contributed by atoms with E-state index in [2.05, 4.69) is 17.4 Å². The van der Waals surface area contributed by atoms with E-state index in [0.29, 0.717) is 11.0 Å². The molecular weight excluding hydrogens is 232 g/mol. The minimum absolute atomic E-state index is 0.447. The highest BCUT2D eigenvalue weighted by molar-refractivity contribution is 7.80. The van der Waals surface area contributed by atoms with Crippen molar-refractivity contribution in [2.75, 3.05) is 18.5 Å². The lowest BCUT2D eigenvalue weighted by molar-refractivity contribution is 0.0904. The standard InChI is InChI=1S/C13H18N2OS/c1-9-2-3-12(11(8-9)13(14)17)15-10-4-6-16-7-5-10/h2-3,8,10,15H,4-7H2,1H3,(H2,14,17). The normalized spacial score (nSPS) is 16.8. The zero-order valence-corrected chi connectivity index (χ0v) is 10.8. The number of rotatable bonds is 3. The van der Waals surface area contributed by atoms with Crippen molar-refractivity contribution in [3.8, 4) is 0 Å². The Balaban J connectivity index is 2.16. The van der Waals surface area contributed by atoms with E-state index in [1.807, 2.05) is 13.0 Å². The molecule has 1 aliphatic heterocycles. The first-order valence-corrected chi connectivity index (χ1v) is 6.32. The Kier molecular flexibility index (Phi) is 3.97. The Labute approximate surface area is 107 Å². The van der Waals surface area contributed by atoms with E-state index >= 15 is 0 Å². The van der Waals surface area contributed by atoms with Crippen molar-refractivity contribution >= 4 is 22.9 Å². The summed E-state index contributed by atoms with van der Waals surface area (Å²) in [6.45, 7) is 3.69. The summed E-state index contributed by atoms with van der Waals surface area (Å²) in [6, 6.07) is 6.62. The van der Waals surface area contributed by atoms with Gasteiger partial charge in [-0.1, -0.05) is 23.8 Å². The van der Waals surface area contributed by atoms with Crippen LogP contribution in [0.25, 0.3) is 0 Å². The number of hydrogen-bond acceptors (Lipinski definition) is 3. The molecule has 0 unspecified atom stereocenters. The van der Waals surface area contributed by atoms with Crippen LogP contribution in [0.2, 0.25) is 0 Å². The molecule has 0 spiro atoms. The molecule has 1 aliphatic rings. The Morgan fingerprint density at radius 2 is 2.12 bits per heavy atom. The van der Waals surface area contributed by atoms with Gasteiger partial charge in [0.25, 0.3) is 0 Å². The molecule has 92 valence electrons. The van der Waals surface area contributed by atoms with E-state index in [-0.39, 0.29) is 0 Å². The molecule has 0 radical (unpaired) electrons. The van der Waals surface area contributed by atoms with Gasteiger partial charge in [-0.05, 0) is 31.9 Å². The highest BCUT2D eigenvalue weighted by Gasteiger charge is 2.15. The number of ether oxygens (including phenoxy) is 1. The summed E-state index contributed by atoms with van der Waals surface area (Å²) in [4.78, 5) is 0.447. The average Bonchev–Trinajstić information content (AvgIpc) is 2.32. The number of hydrogen-bond donors (Lipinski definition) is 2. The van der Waals surface area contributed by atoms with Crippen molar-refractivity contribution in [3.05, 3.63) is 29.3 Å². The predicted octanol–water partition coefficient (Wildman–Crippen LogP) is 2.22. The molecule has 0 amide bonds. The summed E-state index contributed by atoms with van der Waals surface area (Å²) >= 11 is 5.09. The molecular formula is C13H18N2OS. The lowest BCUT2D eigenvalue weighted by Gasteiger charge is -2.25. The highest BCUT2D eigenvalue weighted by Crippen LogP contribution is 2.21. The van der Waals surface area contributed by atoms with Crippen LogP contribution < -0.4 is 11.1 Å². The van der Waals surface area contributed by atoms with Crippen LogP contribution in [0, 0.1) is 6.92 Å². The van der Waals surface area contributed by atoms with Crippen LogP contribution in [0.4, 0.5) is 5.69 Å². The summed E-state index contributed by atoms with van der Waals surface area (Å²) in [5.41, 5.74) is 8.90. The van der Waals surface area contributed by atoms with Crippen LogP contribution in [0.1, 0.15) is 24.0 Å². The lowest BCUT2D eigenvalue weighted by Crippen LogP contribution is -2.29. The molecule has 3 nitrogen and oxygen atoms in total. The quantitative estimate of drug-likeness (QED) is 0.808. The van der Waals surface area contributed by atoms with Gasteiger partial charge < -0.3 is 15.8 Å². The van der Waals surface area contributed by atoms with Crippen molar-refractivity contribution in [3.63, 3.8) is 0 Å². The smallest absolute Gasteiger partial charge is 0.106 e. The number of anilines is 1. The molecule has 1 aromatic carbocycles. The van der Waals surface area contributed by atoms with Crippen LogP contribution in [0.5, 0.6) is 0 Å². The molecule has 17 heavy (non-hydrogen) atoms. The molecule has 0 saturated carbocycles. The fraction of sp³-hybridized carbons (Fsp3) is 0.462. The third-order valence-corrected chi connectivity index (χ3v) is 3.24. The molecule has 1 saturated heterocycles. The monoisotopic (exact) mass is 250 g/mol. The highest BCUT2D eigenvalue weighted by atomic mass is 32.1. The van der Waals surface area contributed by atoms with Crippen molar-refractivity contribution in [2.24, 2.45) is 5.73 Å². The fourth-order valence-corrected chi connectivity index (χ4v) is 2.22. The van der Waals surface area contributed by atoms with Crippen molar-refractivity contribution < 1.29 is 4.74 Å². The maximum atomic E-state index is 5.76. The number of aryl methyl sites for hydroxylation is 1. The van der Waals surface area contributed by atoms with Gasteiger partial charge in [0, 0.05) is 30.5 Å². The molecule has 2 rings (SSSR count). The van der Waals surface area contributed by atoms with Gasteiger partial charge in [-0.25, -0.2) is 0 Å². The Hall–Kier alpha value is -1.13. The molecule has 1 heterocycles. The summed E-state index contributed by atoms with van der Waals surface area (Å²) < 4.78 is 5.34. The van der Waals surface area contributed by atoms with E-state index in [1.165, 1.54) is 5.56 Å². The summed E-state index contributed by atoms with van der Waals surface area (Å²) in [7, 11) is 0. The second-order valence-corrected chi connectivity index (χ2v) is 4.88. The Bertz CT molecular complexity index is 414. The van der Waals surface area contributed by atoms with Gasteiger partial charge in [-0.2, -0.15) is 0 Å². The van der Waals surface area contributed by atoms with E-state index in [1.54, 1.807) is 0 Å². The minimum Gasteiger partial charge on any atom is -0.389 e. The minimum atomic E-state index is 0.447. The van der Waals surface area contributed by atoms with Gasteiger partial charge in [0.1, 0.15) is 4.99 Å². The van der Waals surface area contributed by atoms with Crippen molar-refractivity contribution in [2.45, 2.75) is 25.8 Å². The van der Waals surface area contributed by atoms with Gasteiger partial charge >= 0.3 is 0 Å². The van der Waals surface area contributed by atoms with E-state index < -0.39 is 0 Å². The van der Waals surface area contributed by atoms with Gasteiger partial charge in [0.05, 0.1) is 0 Å². The lowest BCUT2D eigenvalue weighted by atomic mass is 10.1. The second-order valence-electron chi connectivity index (χ2n) is 4.44. The number of benzene rings is 1. The third-order valence-electron chi connectivity index (χ3n) is 3.02. The first-order chi connectivity index (χ1) is 8.16. The zero-order valence-electron chi connectivity index (χ0n) is 10.0. The molecule has 0 aromatic heterocycles. The predicted molar refractivity (Wildman–Crippen MR) is 74.5 cm³/mol. The maximum Gasteiger partial charge on any atom is 0.106 e. The van der Waals surface area contributed by atoms with Crippen molar-refractivity contribution in [1.29, 1.82) is 0 Å². The molecule has 1 aromatic rings. The fourth-order valence-electron chi connectivity index (χ4n) is 2.05. The van der Waals surface area contributed by atoms with Crippen LogP contribution in [-0.4, -0.2) is 24.2 Å². The number of thiocarbonyl (C=S) groups is 1. The van der Waals surface area contributed by atoms with Crippen LogP contribution >= 0.6 is 12.2 Å². The molecule has 0 atom stereocenters. The van der Waals surface area contributed by atoms with Gasteiger partial charge in [-0.3, -0.25) is 0 Å². The van der Waals surface area contributed by atoms with Gasteiger partial charge in [-0.15, -0.1) is 0 Å².